The quantitative estimate of drug-likeness (QED) is 0.620. The second-order valence-electron chi connectivity index (χ2n) is 5.15. The highest BCUT2D eigenvalue weighted by atomic mass is 35.5. The summed E-state index contributed by atoms with van der Waals surface area (Å²) in [6, 6.07) is 5.09. The molecule has 0 N–H and O–H groups in total. The van der Waals surface area contributed by atoms with Crippen molar-refractivity contribution in [2.75, 3.05) is 0 Å². The number of fused-ring (bicyclic) bond motifs is 1. The third-order valence-electron chi connectivity index (χ3n) is 3.94. The highest BCUT2D eigenvalue weighted by Gasteiger charge is 2.47. The minimum atomic E-state index is -0.196. The highest BCUT2D eigenvalue weighted by Crippen LogP contribution is 2.36. The Morgan fingerprint density at radius 1 is 1.05 bits per heavy atom. The van der Waals surface area contributed by atoms with E-state index >= 15 is 0 Å². The summed E-state index contributed by atoms with van der Waals surface area (Å²) < 4.78 is 0. The molecule has 0 spiro atoms. The Balaban J connectivity index is 1.84. The van der Waals surface area contributed by atoms with Crippen LogP contribution in [0.15, 0.2) is 30.4 Å². The van der Waals surface area contributed by atoms with Crippen LogP contribution < -0.4 is 0 Å². The second-order valence-corrected chi connectivity index (χ2v) is 6.00. The lowest BCUT2D eigenvalue weighted by Gasteiger charge is -2.15. The Labute approximate surface area is 127 Å². The van der Waals surface area contributed by atoms with Gasteiger partial charge in [0, 0.05) is 10.0 Å². The summed E-state index contributed by atoms with van der Waals surface area (Å²) in [5, 5.41) is 1.02. The van der Waals surface area contributed by atoms with Crippen LogP contribution in [0.1, 0.15) is 18.4 Å². The number of amides is 2. The zero-order valence-electron chi connectivity index (χ0n) is 10.7. The van der Waals surface area contributed by atoms with E-state index in [4.69, 9.17) is 23.2 Å². The lowest BCUT2D eigenvalue weighted by atomic mass is 9.85. The van der Waals surface area contributed by atoms with Gasteiger partial charge >= 0.3 is 0 Å². The Hall–Kier alpha value is -1.32. The maximum atomic E-state index is 12.3. The molecule has 2 unspecified atom stereocenters. The molecule has 0 aromatic heterocycles. The third-order valence-corrected chi connectivity index (χ3v) is 4.53. The fraction of sp³-hybridized carbons (Fsp3) is 0.333. The van der Waals surface area contributed by atoms with Crippen molar-refractivity contribution in [1.29, 1.82) is 0 Å². The fourth-order valence-electron chi connectivity index (χ4n) is 2.85. The van der Waals surface area contributed by atoms with Gasteiger partial charge in [-0.15, -0.1) is 0 Å². The second kappa shape index (κ2) is 5.23. The first-order chi connectivity index (χ1) is 9.58. The van der Waals surface area contributed by atoms with E-state index in [0.717, 1.165) is 5.56 Å². The van der Waals surface area contributed by atoms with Crippen molar-refractivity contribution in [1.82, 2.24) is 4.90 Å². The van der Waals surface area contributed by atoms with E-state index in [1.165, 1.54) is 4.90 Å². The van der Waals surface area contributed by atoms with Crippen LogP contribution in [0.4, 0.5) is 0 Å². The van der Waals surface area contributed by atoms with Crippen molar-refractivity contribution < 1.29 is 9.59 Å². The average molecular weight is 310 g/mol. The molecule has 3 nitrogen and oxygen atoms in total. The minimum absolute atomic E-state index is 0.0876. The summed E-state index contributed by atoms with van der Waals surface area (Å²) in [4.78, 5) is 26.0. The fourth-order valence-corrected chi connectivity index (χ4v) is 3.31. The number of allylic oxidation sites excluding steroid dienone is 2. The van der Waals surface area contributed by atoms with Crippen LogP contribution in [0.5, 0.6) is 0 Å². The van der Waals surface area contributed by atoms with E-state index < -0.39 is 0 Å². The number of halogens is 2. The zero-order chi connectivity index (χ0) is 14.3. The van der Waals surface area contributed by atoms with Crippen LogP contribution in [-0.4, -0.2) is 16.7 Å². The summed E-state index contributed by atoms with van der Waals surface area (Å²) in [6.07, 6.45) is 5.26. The van der Waals surface area contributed by atoms with E-state index in [9.17, 15) is 9.59 Å². The van der Waals surface area contributed by atoms with Crippen LogP contribution in [-0.2, 0) is 16.1 Å². The number of hydrogen-bond acceptors (Lipinski definition) is 2. The molecular formula is C15H13Cl2NO2. The monoisotopic (exact) mass is 309 g/mol. The standard InChI is InChI=1S/C15H13Cl2NO2/c16-10-6-5-9(13(17)7-10)8-18-14(19)11-3-1-2-4-12(11)15(18)20/h1-2,5-7,11-12H,3-4,8H2. The largest absolute Gasteiger partial charge is 0.278 e. The number of rotatable bonds is 2. The topological polar surface area (TPSA) is 37.4 Å². The summed E-state index contributed by atoms with van der Waals surface area (Å²) >= 11 is 12.0. The molecule has 104 valence electrons. The number of nitrogens with zero attached hydrogens (tertiary/aromatic N) is 1. The van der Waals surface area contributed by atoms with Crippen LogP contribution >= 0.6 is 23.2 Å². The van der Waals surface area contributed by atoms with Crippen molar-refractivity contribution in [3.05, 3.63) is 46.0 Å². The Morgan fingerprint density at radius 2 is 1.65 bits per heavy atom. The number of likely N-dealkylation sites (tertiary alicyclic amines) is 1. The molecule has 3 rings (SSSR count). The predicted octanol–water partition coefficient (Wildman–Crippen LogP) is 3.44. The smallest absolute Gasteiger partial charge is 0.233 e. The Kier molecular flexibility index (Phi) is 3.57. The van der Waals surface area contributed by atoms with Gasteiger partial charge in [-0.05, 0) is 30.5 Å². The number of hydrogen-bond donors (Lipinski definition) is 0. The molecule has 1 aliphatic heterocycles. The molecule has 1 heterocycles. The van der Waals surface area contributed by atoms with E-state index in [2.05, 4.69) is 0 Å². The van der Waals surface area contributed by atoms with E-state index in [1.807, 2.05) is 12.2 Å². The van der Waals surface area contributed by atoms with Crippen LogP contribution in [0.25, 0.3) is 0 Å². The van der Waals surface area contributed by atoms with Gasteiger partial charge in [-0.2, -0.15) is 0 Å². The molecule has 2 atom stereocenters. The first-order valence-corrected chi connectivity index (χ1v) is 7.27. The SMILES string of the molecule is O=C1C2CC=CCC2C(=O)N1Cc1ccc(Cl)cc1Cl. The maximum absolute atomic E-state index is 12.3. The van der Waals surface area contributed by atoms with Gasteiger partial charge in [0.25, 0.3) is 0 Å². The Morgan fingerprint density at radius 3 is 2.20 bits per heavy atom. The third kappa shape index (κ3) is 2.25. The van der Waals surface area contributed by atoms with E-state index in [0.29, 0.717) is 22.9 Å². The van der Waals surface area contributed by atoms with Crippen LogP contribution in [0, 0.1) is 11.8 Å². The van der Waals surface area contributed by atoms with Gasteiger partial charge in [-0.25, -0.2) is 0 Å². The summed E-state index contributed by atoms with van der Waals surface area (Å²) in [6.45, 7) is 0.223. The summed E-state index contributed by atoms with van der Waals surface area (Å²) in [7, 11) is 0. The van der Waals surface area contributed by atoms with Gasteiger partial charge in [-0.1, -0.05) is 41.4 Å². The number of carbonyl (C=O) groups is 2. The van der Waals surface area contributed by atoms with Crippen molar-refractivity contribution in [2.45, 2.75) is 19.4 Å². The molecule has 1 fully saturated rings. The molecule has 2 amide bonds. The lowest BCUT2D eigenvalue weighted by molar-refractivity contribution is -0.140. The molecule has 0 saturated carbocycles. The summed E-state index contributed by atoms with van der Waals surface area (Å²) in [5.41, 5.74) is 0.740. The normalized spacial score (nSPS) is 25.2. The van der Waals surface area contributed by atoms with E-state index in [1.54, 1.807) is 18.2 Å². The molecule has 1 aromatic rings. The van der Waals surface area contributed by atoms with Gasteiger partial charge in [0.1, 0.15) is 0 Å². The van der Waals surface area contributed by atoms with Crippen molar-refractivity contribution >= 4 is 35.0 Å². The molecular weight excluding hydrogens is 297 g/mol. The molecule has 1 aliphatic carbocycles. The first-order valence-electron chi connectivity index (χ1n) is 6.52. The van der Waals surface area contributed by atoms with Crippen molar-refractivity contribution in [3.63, 3.8) is 0 Å². The van der Waals surface area contributed by atoms with Gasteiger partial charge in [-0.3, -0.25) is 14.5 Å². The van der Waals surface area contributed by atoms with Crippen LogP contribution in [0.2, 0.25) is 10.0 Å². The molecule has 0 radical (unpaired) electrons. The van der Waals surface area contributed by atoms with E-state index in [-0.39, 0.29) is 30.2 Å². The highest BCUT2D eigenvalue weighted by molar-refractivity contribution is 6.35. The molecule has 1 saturated heterocycles. The lowest BCUT2D eigenvalue weighted by Crippen LogP contribution is -2.30. The van der Waals surface area contributed by atoms with Crippen LogP contribution in [0.3, 0.4) is 0 Å². The average Bonchev–Trinajstić information content (AvgIpc) is 2.67. The molecule has 20 heavy (non-hydrogen) atoms. The van der Waals surface area contributed by atoms with Gasteiger partial charge in [0.15, 0.2) is 0 Å². The summed E-state index contributed by atoms with van der Waals surface area (Å²) in [5.74, 6) is -0.567. The molecule has 0 bridgehead atoms. The molecule has 2 aliphatic rings. The Bertz CT molecular complexity index is 586. The number of benzene rings is 1. The molecule has 1 aromatic carbocycles. The van der Waals surface area contributed by atoms with Gasteiger partial charge < -0.3 is 0 Å². The number of carbonyl (C=O) groups excluding carboxylic acids is 2. The van der Waals surface area contributed by atoms with Crippen molar-refractivity contribution in [3.8, 4) is 0 Å². The first kappa shape index (κ1) is 13.7. The van der Waals surface area contributed by atoms with Crippen molar-refractivity contribution in [2.24, 2.45) is 11.8 Å². The zero-order valence-corrected chi connectivity index (χ0v) is 12.2. The maximum Gasteiger partial charge on any atom is 0.233 e. The van der Waals surface area contributed by atoms with Gasteiger partial charge in [0.05, 0.1) is 18.4 Å². The predicted molar refractivity (Wildman–Crippen MR) is 77.4 cm³/mol. The minimum Gasteiger partial charge on any atom is -0.278 e. The molecule has 5 heteroatoms. The van der Waals surface area contributed by atoms with Gasteiger partial charge in [0.2, 0.25) is 11.8 Å². The number of imide groups is 1.